The van der Waals surface area contributed by atoms with Crippen LogP contribution in [0.4, 0.5) is 5.82 Å². The Hall–Kier alpha value is -1.80. The number of carbonyl (C=O) groups excluding carboxylic acids is 1. The smallest absolute Gasteiger partial charge is 0.238 e. The first-order valence-electron chi connectivity index (χ1n) is 8.22. The lowest BCUT2D eigenvalue weighted by atomic mass is 10.3. The minimum absolute atomic E-state index is 0.220. The van der Waals surface area contributed by atoms with Gasteiger partial charge in [-0.3, -0.25) is 4.79 Å². The maximum absolute atomic E-state index is 12.6. The number of anilines is 1. The van der Waals surface area contributed by atoms with Gasteiger partial charge in [0.15, 0.2) is 11.0 Å². The van der Waals surface area contributed by atoms with Gasteiger partial charge in [0, 0.05) is 19.9 Å². The van der Waals surface area contributed by atoms with Crippen molar-refractivity contribution in [2.45, 2.75) is 23.9 Å². The molecule has 6 nitrogen and oxygen atoms in total. The Labute approximate surface area is 171 Å². The number of hydrogen-bond acceptors (Lipinski definition) is 5. The SMILES string of the molecule is COCCn1c(S[C@H](C)C(=O)Nc2ncc(Cl)cc2Cl)nc2ccccc21. The molecule has 0 bridgehead atoms. The van der Waals surface area contributed by atoms with Gasteiger partial charge in [0.05, 0.1) is 32.9 Å². The number of pyridine rings is 1. The van der Waals surface area contributed by atoms with E-state index < -0.39 is 5.25 Å². The van der Waals surface area contributed by atoms with Crippen molar-refractivity contribution in [3.63, 3.8) is 0 Å². The second kappa shape index (κ2) is 8.93. The number of halogens is 2. The predicted molar refractivity (Wildman–Crippen MR) is 110 cm³/mol. The first-order valence-corrected chi connectivity index (χ1v) is 9.86. The molecule has 27 heavy (non-hydrogen) atoms. The third-order valence-corrected chi connectivity index (χ3v) is 5.42. The number of nitrogens with zero attached hydrogens (tertiary/aromatic N) is 3. The number of benzene rings is 1. The van der Waals surface area contributed by atoms with Gasteiger partial charge in [0.1, 0.15) is 0 Å². The first kappa shape index (κ1) is 19.9. The summed E-state index contributed by atoms with van der Waals surface area (Å²) in [6, 6.07) is 9.39. The summed E-state index contributed by atoms with van der Waals surface area (Å²) < 4.78 is 7.26. The summed E-state index contributed by atoms with van der Waals surface area (Å²) in [6.45, 7) is 3.01. The molecule has 2 aromatic heterocycles. The molecule has 1 atom stereocenters. The Morgan fingerprint density at radius 1 is 1.37 bits per heavy atom. The van der Waals surface area contributed by atoms with Gasteiger partial charge in [-0.15, -0.1) is 0 Å². The lowest BCUT2D eigenvalue weighted by Gasteiger charge is -2.13. The normalized spacial score (nSPS) is 12.3. The third-order valence-electron chi connectivity index (χ3n) is 3.84. The Morgan fingerprint density at radius 2 is 2.15 bits per heavy atom. The summed E-state index contributed by atoms with van der Waals surface area (Å²) >= 11 is 13.3. The highest BCUT2D eigenvalue weighted by atomic mass is 35.5. The van der Waals surface area contributed by atoms with Crippen LogP contribution < -0.4 is 5.32 Å². The Bertz CT molecular complexity index is 964. The second-order valence-corrected chi connectivity index (χ2v) is 7.91. The van der Waals surface area contributed by atoms with Crippen molar-refractivity contribution in [2.75, 3.05) is 19.0 Å². The minimum Gasteiger partial charge on any atom is -0.383 e. The van der Waals surface area contributed by atoms with E-state index in [1.165, 1.54) is 24.0 Å². The van der Waals surface area contributed by atoms with Crippen molar-refractivity contribution >= 4 is 57.7 Å². The number of rotatable bonds is 7. The number of amides is 1. The van der Waals surface area contributed by atoms with Crippen LogP contribution in [0.25, 0.3) is 11.0 Å². The average molecular weight is 425 g/mol. The van der Waals surface area contributed by atoms with Crippen LogP contribution in [0, 0.1) is 0 Å². The van der Waals surface area contributed by atoms with Gasteiger partial charge >= 0.3 is 0 Å². The number of carbonyl (C=O) groups is 1. The van der Waals surface area contributed by atoms with Crippen molar-refractivity contribution in [3.05, 3.63) is 46.6 Å². The summed E-state index contributed by atoms with van der Waals surface area (Å²) in [7, 11) is 1.66. The maximum Gasteiger partial charge on any atom is 0.238 e. The molecule has 0 unspecified atom stereocenters. The summed E-state index contributed by atoms with van der Waals surface area (Å²) in [4.78, 5) is 21.3. The number of fused-ring (bicyclic) bond motifs is 1. The van der Waals surface area contributed by atoms with Crippen LogP contribution >= 0.6 is 35.0 Å². The minimum atomic E-state index is -0.406. The number of aromatic nitrogens is 3. The topological polar surface area (TPSA) is 69.0 Å². The number of hydrogen-bond donors (Lipinski definition) is 1. The van der Waals surface area contributed by atoms with E-state index in [-0.39, 0.29) is 11.7 Å². The van der Waals surface area contributed by atoms with Gasteiger partial charge in [-0.1, -0.05) is 47.1 Å². The second-order valence-electron chi connectivity index (χ2n) is 5.76. The molecule has 9 heteroatoms. The highest BCUT2D eigenvalue weighted by molar-refractivity contribution is 8.00. The fraction of sp³-hybridized carbons (Fsp3) is 0.278. The molecule has 0 aliphatic rings. The molecule has 0 aliphatic heterocycles. The maximum atomic E-state index is 12.6. The highest BCUT2D eigenvalue weighted by Crippen LogP contribution is 2.29. The van der Waals surface area contributed by atoms with Crippen LogP contribution in [-0.4, -0.2) is 39.4 Å². The zero-order chi connectivity index (χ0) is 19.4. The van der Waals surface area contributed by atoms with Crippen LogP contribution in [0.5, 0.6) is 0 Å². The van der Waals surface area contributed by atoms with Crippen LogP contribution in [0.3, 0.4) is 0 Å². The average Bonchev–Trinajstić information content (AvgIpc) is 2.99. The molecule has 0 saturated heterocycles. The fourth-order valence-corrected chi connectivity index (χ4v) is 3.86. The lowest BCUT2D eigenvalue weighted by molar-refractivity contribution is -0.115. The van der Waals surface area contributed by atoms with Crippen molar-refractivity contribution < 1.29 is 9.53 Å². The molecule has 0 saturated carbocycles. The number of nitrogens with one attached hydrogen (secondary N) is 1. The van der Waals surface area contributed by atoms with Gasteiger partial charge in [0.2, 0.25) is 5.91 Å². The largest absolute Gasteiger partial charge is 0.383 e. The Kier molecular flexibility index (Phi) is 6.59. The van der Waals surface area contributed by atoms with Gasteiger partial charge in [-0.05, 0) is 25.1 Å². The lowest BCUT2D eigenvalue weighted by Crippen LogP contribution is -2.23. The summed E-state index contributed by atoms with van der Waals surface area (Å²) in [5.74, 6) is 0.0634. The molecule has 1 amide bonds. The van der Waals surface area contributed by atoms with E-state index in [1.807, 2.05) is 31.2 Å². The van der Waals surface area contributed by atoms with Gasteiger partial charge in [-0.25, -0.2) is 9.97 Å². The van der Waals surface area contributed by atoms with Gasteiger partial charge in [-0.2, -0.15) is 0 Å². The molecule has 0 aliphatic carbocycles. The Balaban J connectivity index is 1.78. The Morgan fingerprint density at radius 3 is 2.89 bits per heavy atom. The van der Waals surface area contributed by atoms with E-state index in [9.17, 15) is 4.79 Å². The molecular formula is C18H18Cl2N4O2S. The van der Waals surface area contributed by atoms with Crippen LogP contribution in [-0.2, 0) is 16.1 Å². The molecule has 0 fully saturated rings. The van der Waals surface area contributed by atoms with Crippen molar-refractivity contribution in [1.82, 2.24) is 14.5 Å². The standard InChI is InChI=1S/C18H18Cl2N4O2S/c1-11(17(25)23-16-13(20)9-12(19)10-21-16)27-18-22-14-5-3-4-6-15(14)24(18)7-8-26-2/h3-6,9-11H,7-8H2,1-2H3,(H,21,23,25)/t11-/m1/s1. The molecule has 0 spiro atoms. The summed E-state index contributed by atoms with van der Waals surface area (Å²) in [5, 5.41) is 3.78. The predicted octanol–water partition coefficient (Wildman–Crippen LogP) is 4.50. The highest BCUT2D eigenvalue weighted by Gasteiger charge is 2.20. The number of para-hydroxylation sites is 2. The molecule has 3 rings (SSSR count). The van der Waals surface area contributed by atoms with Crippen molar-refractivity contribution in [1.29, 1.82) is 0 Å². The molecule has 2 heterocycles. The first-order chi connectivity index (χ1) is 13.0. The third kappa shape index (κ3) is 4.73. The van der Waals surface area contributed by atoms with Crippen molar-refractivity contribution in [2.24, 2.45) is 0 Å². The van der Waals surface area contributed by atoms with E-state index in [0.717, 1.165) is 16.2 Å². The van der Waals surface area contributed by atoms with E-state index in [2.05, 4.69) is 19.9 Å². The van der Waals surface area contributed by atoms with E-state index in [0.29, 0.717) is 23.2 Å². The number of thioether (sulfide) groups is 1. The van der Waals surface area contributed by atoms with Crippen LogP contribution in [0.1, 0.15) is 6.92 Å². The monoisotopic (exact) mass is 424 g/mol. The van der Waals surface area contributed by atoms with E-state index in [1.54, 1.807) is 7.11 Å². The van der Waals surface area contributed by atoms with Gasteiger partial charge in [0.25, 0.3) is 0 Å². The number of methoxy groups -OCH3 is 1. The zero-order valence-corrected chi connectivity index (χ0v) is 17.1. The number of ether oxygens (including phenoxy) is 1. The molecule has 0 radical (unpaired) electrons. The van der Waals surface area contributed by atoms with E-state index >= 15 is 0 Å². The molecule has 1 aromatic carbocycles. The van der Waals surface area contributed by atoms with Crippen molar-refractivity contribution in [3.8, 4) is 0 Å². The molecule has 142 valence electrons. The summed E-state index contributed by atoms with van der Waals surface area (Å²) in [5.41, 5.74) is 1.89. The van der Waals surface area contributed by atoms with E-state index in [4.69, 9.17) is 27.9 Å². The molecule has 1 N–H and O–H groups in total. The summed E-state index contributed by atoms with van der Waals surface area (Å²) in [6.07, 6.45) is 1.44. The van der Waals surface area contributed by atoms with Crippen LogP contribution in [0.2, 0.25) is 10.0 Å². The van der Waals surface area contributed by atoms with Gasteiger partial charge < -0.3 is 14.6 Å². The fourth-order valence-electron chi connectivity index (χ4n) is 2.48. The van der Waals surface area contributed by atoms with Crippen LogP contribution in [0.15, 0.2) is 41.7 Å². The quantitative estimate of drug-likeness (QED) is 0.565. The zero-order valence-electron chi connectivity index (χ0n) is 14.8. The molecule has 3 aromatic rings. The molecular weight excluding hydrogens is 407 g/mol. The number of imidazole rings is 1.